The van der Waals surface area contributed by atoms with Gasteiger partial charge in [-0.25, -0.2) is 0 Å². The van der Waals surface area contributed by atoms with Crippen LogP contribution in [0.4, 0.5) is 5.69 Å². The van der Waals surface area contributed by atoms with Crippen molar-refractivity contribution < 1.29 is 14.7 Å². The summed E-state index contributed by atoms with van der Waals surface area (Å²) in [4.78, 5) is 25.6. The molecule has 1 aromatic rings. The second-order valence-corrected chi connectivity index (χ2v) is 5.52. The zero-order valence-electron chi connectivity index (χ0n) is 11.3. The van der Waals surface area contributed by atoms with Crippen molar-refractivity contribution in [2.45, 2.75) is 19.3 Å². The Morgan fingerprint density at radius 3 is 3.10 bits per heavy atom. The SMILES string of the molecule is O=C1Cc2cc(C(=O)N3CCC(CCO)C3)ccc2N1. The first-order valence-electron chi connectivity index (χ1n) is 7.00. The van der Waals surface area contributed by atoms with Gasteiger partial charge in [0.2, 0.25) is 5.91 Å². The summed E-state index contributed by atoms with van der Waals surface area (Å²) in [6.45, 7) is 1.64. The fourth-order valence-electron chi connectivity index (χ4n) is 2.98. The third-order valence-corrected chi connectivity index (χ3v) is 4.09. The summed E-state index contributed by atoms with van der Waals surface area (Å²) in [6.07, 6.45) is 2.06. The van der Waals surface area contributed by atoms with Crippen molar-refractivity contribution in [1.29, 1.82) is 0 Å². The molecule has 5 heteroatoms. The number of likely N-dealkylation sites (tertiary alicyclic amines) is 1. The summed E-state index contributed by atoms with van der Waals surface area (Å²) in [5, 5.41) is 11.7. The second kappa shape index (κ2) is 5.25. The summed E-state index contributed by atoms with van der Waals surface area (Å²) >= 11 is 0. The normalized spacial score (nSPS) is 20.9. The van der Waals surface area contributed by atoms with Crippen LogP contribution in [0.3, 0.4) is 0 Å². The lowest BCUT2D eigenvalue weighted by Gasteiger charge is -2.17. The Morgan fingerprint density at radius 1 is 1.45 bits per heavy atom. The first-order chi connectivity index (χ1) is 9.67. The van der Waals surface area contributed by atoms with E-state index in [1.807, 2.05) is 11.0 Å². The average Bonchev–Trinajstić information content (AvgIpc) is 3.02. The largest absolute Gasteiger partial charge is 0.396 e. The minimum Gasteiger partial charge on any atom is -0.396 e. The molecule has 1 atom stereocenters. The zero-order valence-corrected chi connectivity index (χ0v) is 11.3. The Kier molecular flexibility index (Phi) is 3.44. The third-order valence-electron chi connectivity index (χ3n) is 4.09. The predicted octanol–water partition coefficient (Wildman–Crippen LogP) is 1.03. The number of nitrogens with one attached hydrogen (secondary N) is 1. The van der Waals surface area contributed by atoms with Crippen LogP contribution in [-0.2, 0) is 11.2 Å². The fraction of sp³-hybridized carbons (Fsp3) is 0.467. The van der Waals surface area contributed by atoms with Crippen LogP contribution in [0.5, 0.6) is 0 Å². The van der Waals surface area contributed by atoms with Gasteiger partial charge in [0.05, 0.1) is 6.42 Å². The minimum absolute atomic E-state index is 0.0196. The van der Waals surface area contributed by atoms with Crippen molar-refractivity contribution in [2.24, 2.45) is 5.92 Å². The second-order valence-electron chi connectivity index (χ2n) is 5.52. The summed E-state index contributed by atoms with van der Waals surface area (Å²) in [6, 6.07) is 5.38. The zero-order chi connectivity index (χ0) is 14.1. The first-order valence-corrected chi connectivity index (χ1v) is 7.00. The van der Waals surface area contributed by atoms with E-state index in [4.69, 9.17) is 5.11 Å². The molecule has 1 fully saturated rings. The van der Waals surface area contributed by atoms with Crippen LogP contribution in [0.15, 0.2) is 18.2 Å². The number of carbonyl (C=O) groups excluding carboxylic acids is 2. The molecule has 2 N–H and O–H groups in total. The lowest BCUT2D eigenvalue weighted by Crippen LogP contribution is -2.28. The molecular formula is C15H18N2O3. The van der Waals surface area contributed by atoms with E-state index in [0.29, 0.717) is 24.4 Å². The molecule has 0 aliphatic carbocycles. The molecule has 1 saturated heterocycles. The van der Waals surface area contributed by atoms with Crippen molar-refractivity contribution in [2.75, 3.05) is 25.0 Å². The van der Waals surface area contributed by atoms with Gasteiger partial charge in [-0.3, -0.25) is 9.59 Å². The van der Waals surface area contributed by atoms with Gasteiger partial charge in [0.1, 0.15) is 0 Å². The molecular weight excluding hydrogens is 256 g/mol. The molecule has 3 rings (SSSR count). The van der Waals surface area contributed by atoms with Crippen molar-refractivity contribution in [3.05, 3.63) is 29.3 Å². The molecule has 2 aliphatic heterocycles. The van der Waals surface area contributed by atoms with E-state index in [1.165, 1.54) is 0 Å². The van der Waals surface area contributed by atoms with E-state index in [-0.39, 0.29) is 18.4 Å². The number of rotatable bonds is 3. The van der Waals surface area contributed by atoms with Gasteiger partial charge in [-0.05, 0) is 42.5 Å². The van der Waals surface area contributed by atoms with Crippen molar-refractivity contribution in [3.63, 3.8) is 0 Å². The van der Waals surface area contributed by atoms with Crippen LogP contribution >= 0.6 is 0 Å². The third kappa shape index (κ3) is 2.41. The predicted molar refractivity (Wildman–Crippen MR) is 74.5 cm³/mol. The van der Waals surface area contributed by atoms with Gasteiger partial charge in [-0.15, -0.1) is 0 Å². The average molecular weight is 274 g/mol. The molecule has 0 bridgehead atoms. The summed E-state index contributed by atoms with van der Waals surface area (Å²) in [5.41, 5.74) is 2.35. The van der Waals surface area contributed by atoms with E-state index in [9.17, 15) is 9.59 Å². The van der Waals surface area contributed by atoms with Crippen LogP contribution in [0.2, 0.25) is 0 Å². The maximum atomic E-state index is 12.4. The lowest BCUT2D eigenvalue weighted by atomic mass is 10.1. The molecule has 20 heavy (non-hydrogen) atoms. The maximum absolute atomic E-state index is 12.4. The van der Waals surface area contributed by atoms with E-state index >= 15 is 0 Å². The van der Waals surface area contributed by atoms with E-state index in [0.717, 1.165) is 30.6 Å². The van der Waals surface area contributed by atoms with Gasteiger partial charge in [0.15, 0.2) is 0 Å². The van der Waals surface area contributed by atoms with Crippen LogP contribution in [0, 0.1) is 5.92 Å². The van der Waals surface area contributed by atoms with Gasteiger partial charge in [-0.1, -0.05) is 0 Å². The maximum Gasteiger partial charge on any atom is 0.253 e. The van der Waals surface area contributed by atoms with Gasteiger partial charge >= 0.3 is 0 Å². The van der Waals surface area contributed by atoms with Crippen molar-refractivity contribution >= 4 is 17.5 Å². The highest BCUT2D eigenvalue weighted by molar-refractivity contribution is 6.01. The van der Waals surface area contributed by atoms with Crippen LogP contribution in [0.25, 0.3) is 0 Å². The lowest BCUT2D eigenvalue weighted by molar-refractivity contribution is -0.115. The van der Waals surface area contributed by atoms with Crippen LogP contribution < -0.4 is 5.32 Å². The standard InChI is InChI=1S/C15H18N2O3/c18-6-4-10-3-5-17(9-10)15(20)11-1-2-13-12(7-11)8-14(19)16-13/h1-2,7,10,18H,3-6,8-9H2,(H,16,19). The number of amides is 2. The van der Waals surface area contributed by atoms with Gasteiger partial charge in [0.25, 0.3) is 5.91 Å². The number of hydrogen-bond donors (Lipinski definition) is 2. The molecule has 2 amide bonds. The van der Waals surface area contributed by atoms with Gasteiger partial charge in [0, 0.05) is 30.9 Å². The van der Waals surface area contributed by atoms with E-state index in [2.05, 4.69) is 5.32 Å². The highest BCUT2D eigenvalue weighted by Gasteiger charge is 2.27. The van der Waals surface area contributed by atoms with Crippen molar-refractivity contribution in [1.82, 2.24) is 4.90 Å². The Bertz CT molecular complexity index is 556. The number of carbonyl (C=O) groups is 2. The quantitative estimate of drug-likeness (QED) is 0.864. The fourth-order valence-corrected chi connectivity index (χ4v) is 2.98. The molecule has 106 valence electrons. The highest BCUT2D eigenvalue weighted by atomic mass is 16.3. The van der Waals surface area contributed by atoms with E-state index < -0.39 is 0 Å². The number of anilines is 1. The van der Waals surface area contributed by atoms with E-state index in [1.54, 1.807) is 12.1 Å². The number of nitrogens with zero attached hydrogens (tertiary/aromatic N) is 1. The van der Waals surface area contributed by atoms with Crippen LogP contribution in [-0.4, -0.2) is 41.5 Å². The molecule has 0 saturated carbocycles. The van der Waals surface area contributed by atoms with Crippen LogP contribution in [0.1, 0.15) is 28.8 Å². The monoisotopic (exact) mass is 274 g/mol. The van der Waals surface area contributed by atoms with Crippen molar-refractivity contribution in [3.8, 4) is 0 Å². The summed E-state index contributed by atoms with van der Waals surface area (Å²) in [7, 11) is 0. The highest BCUT2D eigenvalue weighted by Crippen LogP contribution is 2.26. The molecule has 5 nitrogen and oxygen atoms in total. The van der Waals surface area contributed by atoms with Gasteiger partial charge in [-0.2, -0.15) is 0 Å². The first kappa shape index (κ1) is 13.1. The molecule has 2 heterocycles. The Morgan fingerprint density at radius 2 is 2.30 bits per heavy atom. The number of hydrogen-bond acceptors (Lipinski definition) is 3. The molecule has 1 aromatic carbocycles. The number of aliphatic hydroxyl groups excluding tert-OH is 1. The molecule has 0 spiro atoms. The number of fused-ring (bicyclic) bond motifs is 1. The topological polar surface area (TPSA) is 69.6 Å². The minimum atomic E-state index is -0.0196. The summed E-state index contributed by atoms with van der Waals surface area (Å²) < 4.78 is 0. The molecule has 0 aromatic heterocycles. The molecule has 1 unspecified atom stereocenters. The number of benzene rings is 1. The Hall–Kier alpha value is -1.88. The Labute approximate surface area is 117 Å². The Balaban J connectivity index is 1.72. The number of aliphatic hydroxyl groups is 1. The van der Waals surface area contributed by atoms with Gasteiger partial charge < -0.3 is 15.3 Å². The molecule has 0 radical (unpaired) electrons. The summed E-state index contributed by atoms with van der Waals surface area (Å²) in [5.74, 6) is 0.406. The smallest absolute Gasteiger partial charge is 0.253 e. The molecule has 2 aliphatic rings.